The smallest absolute Gasteiger partial charge is 0.339 e. The highest BCUT2D eigenvalue weighted by molar-refractivity contribution is 5.76. The number of esters is 1. The largest absolute Gasteiger partial charge is 0.497 e. The molecule has 1 rings (SSSR count). The zero-order chi connectivity index (χ0) is 11.4. The number of aliphatic hydroxyl groups is 1. The minimum Gasteiger partial charge on any atom is -0.497 e. The molecule has 1 aromatic rings. The molecule has 0 radical (unpaired) electrons. The van der Waals surface area contributed by atoms with Gasteiger partial charge in [-0.2, -0.15) is 0 Å². The van der Waals surface area contributed by atoms with E-state index in [0.29, 0.717) is 11.3 Å². The van der Waals surface area contributed by atoms with Crippen LogP contribution < -0.4 is 4.74 Å². The summed E-state index contributed by atoms with van der Waals surface area (Å²) in [7, 11) is 2.77. The number of aryl methyl sites for hydroxylation is 1. The molecule has 0 heterocycles. The second-order valence-electron chi connectivity index (χ2n) is 3.21. The summed E-state index contributed by atoms with van der Waals surface area (Å²) in [6.45, 7) is 1.86. The molecule has 82 valence electrons. The van der Waals surface area contributed by atoms with E-state index in [1.54, 1.807) is 12.1 Å². The normalized spacial score (nSPS) is 12.0. The van der Waals surface area contributed by atoms with Crippen LogP contribution in [-0.2, 0) is 9.53 Å². The number of hydrogen-bond acceptors (Lipinski definition) is 4. The molecule has 0 fully saturated rings. The third-order valence-electron chi connectivity index (χ3n) is 2.05. The Morgan fingerprint density at radius 2 is 2.00 bits per heavy atom. The standard InChI is InChI=1S/C11H14O4/c1-7-4-8(6-9(5-7)14-2)10(12)11(13)15-3/h4-6,10,12H,1-3H3. The molecule has 0 saturated heterocycles. The van der Waals surface area contributed by atoms with Gasteiger partial charge in [-0.3, -0.25) is 0 Å². The van der Waals surface area contributed by atoms with Gasteiger partial charge in [-0.25, -0.2) is 4.79 Å². The number of rotatable bonds is 3. The van der Waals surface area contributed by atoms with Gasteiger partial charge in [-0.05, 0) is 30.2 Å². The highest BCUT2D eigenvalue weighted by atomic mass is 16.5. The van der Waals surface area contributed by atoms with Crippen molar-refractivity contribution in [3.8, 4) is 5.75 Å². The van der Waals surface area contributed by atoms with Gasteiger partial charge in [0.05, 0.1) is 14.2 Å². The van der Waals surface area contributed by atoms with Crippen molar-refractivity contribution in [3.05, 3.63) is 29.3 Å². The summed E-state index contributed by atoms with van der Waals surface area (Å²) in [5, 5.41) is 9.60. The van der Waals surface area contributed by atoms with E-state index >= 15 is 0 Å². The third kappa shape index (κ3) is 2.70. The van der Waals surface area contributed by atoms with Crippen molar-refractivity contribution in [2.75, 3.05) is 14.2 Å². The van der Waals surface area contributed by atoms with Gasteiger partial charge in [0.1, 0.15) is 5.75 Å². The van der Waals surface area contributed by atoms with Crippen molar-refractivity contribution < 1.29 is 19.4 Å². The Kier molecular flexibility index (Phi) is 3.68. The number of carbonyl (C=O) groups excluding carboxylic acids is 1. The number of aliphatic hydroxyl groups excluding tert-OH is 1. The van der Waals surface area contributed by atoms with Gasteiger partial charge in [0.2, 0.25) is 0 Å². The molecule has 1 aromatic carbocycles. The van der Waals surface area contributed by atoms with E-state index in [-0.39, 0.29) is 0 Å². The first-order valence-electron chi connectivity index (χ1n) is 4.50. The Hall–Kier alpha value is -1.55. The average Bonchev–Trinajstić information content (AvgIpc) is 2.26. The van der Waals surface area contributed by atoms with Crippen LogP contribution in [0.3, 0.4) is 0 Å². The number of methoxy groups -OCH3 is 2. The molecule has 0 spiro atoms. The van der Waals surface area contributed by atoms with Crippen LogP contribution in [0, 0.1) is 6.92 Å². The molecule has 1 unspecified atom stereocenters. The summed E-state index contributed by atoms with van der Waals surface area (Å²) in [6, 6.07) is 5.13. The molecule has 0 aromatic heterocycles. The van der Waals surface area contributed by atoms with Crippen molar-refractivity contribution in [1.29, 1.82) is 0 Å². The first kappa shape index (κ1) is 11.5. The molecular formula is C11H14O4. The second-order valence-corrected chi connectivity index (χ2v) is 3.21. The van der Waals surface area contributed by atoms with Crippen molar-refractivity contribution in [3.63, 3.8) is 0 Å². The molecule has 0 aliphatic heterocycles. The van der Waals surface area contributed by atoms with Gasteiger partial charge >= 0.3 is 5.97 Å². The fourth-order valence-corrected chi connectivity index (χ4v) is 1.30. The average molecular weight is 210 g/mol. The Balaban J connectivity index is 3.03. The molecule has 0 saturated carbocycles. The van der Waals surface area contributed by atoms with Crippen LogP contribution in [0.1, 0.15) is 17.2 Å². The van der Waals surface area contributed by atoms with Crippen LogP contribution in [0.5, 0.6) is 5.75 Å². The number of hydrogen-bond donors (Lipinski definition) is 1. The molecule has 15 heavy (non-hydrogen) atoms. The maximum atomic E-state index is 11.1. The Bertz CT molecular complexity index is 360. The molecule has 0 aliphatic carbocycles. The van der Waals surface area contributed by atoms with Crippen molar-refractivity contribution in [2.45, 2.75) is 13.0 Å². The van der Waals surface area contributed by atoms with Gasteiger partial charge in [0, 0.05) is 0 Å². The topological polar surface area (TPSA) is 55.8 Å². The molecule has 0 bridgehead atoms. The Morgan fingerprint density at radius 3 is 2.53 bits per heavy atom. The van der Waals surface area contributed by atoms with Crippen LogP contribution >= 0.6 is 0 Å². The molecule has 0 amide bonds. The molecule has 4 nitrogen and oxygen atoms in total. The van der Waals surface area contributed by atoms with Gasteiger partial charge in [-0.1, -0.05) is 6.07 Å². The van der Waals surface area contributed by atoms with Crippen LogP contribution in [0.15, 0.2) is 18.2 Å². The van der Waals surface area contributed by atoms with E-state index in [4.69, 9.17) is 4.74 Å². The van der Waals surface area contributed by atoms with Gasteiger partial charge < -0.3 is 14.6 Å². The lowest BCUT2D eigenvalue weighted by Crippen LogP contribution is -2.13. The number of benzene rings is 1. The lowest BCUT2D eigenvalue weighted by molar-refractivity contribution is -0.150. The fourth-order valence-electron chi connectivity index (χ4n) is 1.30. The van der Waals surface area contributed by atoms with Gasteiger partial charge in [0.25, 0.3) is 0 Å². The van der Waals surface area contributed by atoms with Crippen LogP contribution in [0.25, 0.3) is 0 Å². The monoisotopic (exact) mass is 210 g/mol. The highest BCUT2D eigenvalue weighted by Crippen LogP contribution is 2.22. The molecule has 0 aliphatic rings. The van der Waals surface area contributed by atoms with E-state index in [9.17, 15) is 9.90 Å². The van der Waals surface area contributed by atoms with E-state index in [1.807, 2.05) is 13.0 Å². The predicted molar refractivity (Wildman–Crippen MR) is 54.7 cm³/mol. The van der Waals surface area contributed by atoms with E-state index < -0.39 is 12.1 Å². The zero-order valence-corrected chi connectivity index (χ0v) is 8.98. The number of ether oxygens (including phenoxy) is 2. The van der Waals surface area contributed by atoms with Crippen molar-refractivity contribution in [2.24, 2.45) is 0 Å². The quantitative estimate of drug-likeness (QED) is 0.762. The summed E-state index contributed by atoms with van der Waals surface area (Å²) in [5.41, 5.74) is 1.38. The SMILES string of the molecule is COC(=O)C(O)c1cc(C)cc(OC)c1. The van der Waals surface area contributed by atoms with Crippen molar-refractivity contribution in [1.82, 2.24) is 0 Å². The minimum atomic E-state index is -1.26. The van der Waals surface area contributed by atoms with E-state index in [1.165, 1.54) is 14.2 Å². The highest BCUT2D eigenvalue weighted by Gasteiger charge is 2.18. The zero-order valence-electron chi connectivity index (χ0n) is 8.98. The number of carbonyl (C=O) groups is 1. The summed E-state index contributed by atoms with van der Waals surface area (Å²) < 4.78 is 9.49. The first-order valence-corrected chi connectivity index (χ1v) is 4.50. The maximum Gasteiger partial charge on any atom is 0.339 e. The van der Waals surface area contributed by atoms with Gasteiger partial charge in [-0.15, -0.1) is 0 Å². The van der Waals surface area contributed by atoms with Gasteiger partial charge in [0.15, 0.2) is 6.10 Å². The molecular weight excluding hydrogens is 196 g/mol. The van der Waals surface area contributed by atoms with E-state index in [2.05, 4.69) is 4.74 Å². The summed E-state index contributed by atoms with van der Waals surface area (Å²) in [6.07, 6.45) is -1.26. The summed E-state index contributed by atoms with van der Waals surface area (Å²) in [5.74, 6) is -0.0735. The summed E-state index contributed by atoms with van der Waals surface area (Å²) >= 11 is 0. The third-order valence-corrected chi connectivity index (χ3v) is 2.05. The summed E-state index contributed by atoms with van der Waals surface area (Å²) in [4.78, 5) is 11.1. The Labute approximate surface area is 88.4 Å². The Morgan fingerprint density at radius 1 is 1.33 bits per heavy atom. The molecule has 1 N–H and O–H groups in total. The fraction of sp³-hybridized carbons (Fsp3) is 0.364. The first-order chi connectivity index (χ1) is 7.08. The van der Waals surface area contributed by atoms with Crippen LogP contribution in [-0.4, -0.2) is 25.3 Å². The van der Waals surface area contributed by atoms with Crippen molar-refractivity contribution >= 4 is 5.97 Å². The maximum absolute atomic E-state index is 11.1. The van der Waals surface area contributed by atoms with Crippen LogP contribution in [0.2, 0.25) is 0 Å². The van der Waals surface area contributed by atoms with Crippen LogP contribution in [0.4, 0.5) is 0 Å². The predicted octanol–water partition coefficient (Wildman–Crippen LogP) is 1.21. The molecule has 4 heteroatoms. The lowest BCUT2D eigenvalue weighted by Gasteiger charge is -2.11. The molecule has 1 atom stereocenters. The van der Waals surface area contributed by atoms with E-state index in [0.717, 1.165) is 5.56 Å². The second kappa shape index (κ2) is 4.79. The minimum absolute atomic E-state index is 0.471. The lowest BCUT2D eigenvalue weighted by atomic mass is 10.1.